The van der Waals surface area contributed by atoms with Crippen molar-refractivity contribution >= 4 is 11.8 Å². The molecule has 1 aliphatic rings. The van der Waals surface area contributed by atoms with Gasteiger partial charge >= 0.3 is 11.8 Å². The molecule has 0 radical (unpaired) electrons. The number of amides is 2. The van der Waals surface area contributed by atoms with Crippen molar-refractivity contribution in [3.8, 4) is 5.75 Å². The minimum atomic E-state index is -0.391. The van der Waals surface area contributed by atoms with Gasteiger partial charge in [-0.1, -0.05) is 17.3 Å². The first kappa shape index (κ1) is 21.8. The van der Waals surface area contributed by atoms with Crippen LogP contribution in [0.5, 0.6) is 5.75 Å². The number of nitrogens with one attached hydrogen (secondary N) is 2. The number of benzene rings is 1. The van der Waals surface area contributed by atoms with E-state index in [-0.39, 0.29) is 47.8 Å². The van der Waals surface area contributed by atoms with Crippen molar-refractivity contribution in [1.82, 2.24) is 20.8 Å². The molecule has 2 aromatic rings. The van der Waals surface area contributed by atoms with E-state index >= 15 is 0 Å². The van der Waals surface area contributed by atoms with Crippen molar-refractivity contribution in [2.24, 2.45) is 5.73 Å². The van der Waals surface area contributed by atoms with Gasteiger partial charge in [-0.25, -0.2) is 0 Å². The van der Waals surface area contributed by atoms with E-state index in [0.717, 1.165) is 18.4 Å². The van der Waals surface area contributed by atoms with Crippen molar-refractivity contribution in [2.75, 3.05) is 0 Å². The summed E-state index contributed by atoms with van der Waals surface area (Å²) in [5.41, 5.74) is 5.81. The predicted octanol–water partition coefficient (Wildman–Crippen LogP) is 1.72. The summed E-state index contributed by atoms with van der Waals surface area (Å²) in [5.74, 6) is -0.00832. The second-order valence-corrected chi connectivity index (χ2v) is 9.06. The third-order valence-electron chi connectivity index (χ3n) is 4.86. The van der Waals surface area contributed by atoms with E-state index in [1.807, 2.05) is 0 Å². The summed E-state index contributed by atoms with van der Waals surface area (Å²) < 4.78 is 10.7. The first-order valence-electron chi connectivity index (χ1n) is 9.94. The van der Waals surface area contributed by atoms with Crippen molar-refractivity contribution in [3.63, 3.8) is 0 Å². The molecule has 3 rings (SSSR count). The van der Waals surface area contributed by atoms with E-state index in [1.54, 1.807) is 24.3 Å². The van der Waals surface area contributed by atoms with Crippen LogP contribution in [-0.4, -0.2) is 39.1 Å². The van der Waals surface area contributed by atoms with Crippen LogP contribution in [0.25, 0.3) is 0 Å². The number of rotatable bonds is 7. The molecule has 1 aromatic heterocycles. The Labute approximate surface area is 175 Å². The van der Waals surface area contributed by atoms with Gasteiger partial charge in [-0.15, -0.1) is 0 Å². The molecule has 30 heavy (non-hydrogen) atoms. The molecule has 1 fully saturated rings. The van der Waals surface area contributed by atoms with Crippen LogP contribution in [0.2, 0.25) is 0 Å². The van der Waals surface area contributed by atoms with Crippen molar-refractivity contribution in [1.29, 1.82) is 0 Å². The average Bonchev–Trinajstić information content (AvgIpc) is 3.07. The maximum absolute atomic E-state index is 12.5. The third kappa shape index (κ3) is 6.03. The zero-order valence-electron chi connectivity index (χ0n) is 17.8. The lowest BCUT2D eigenvalue weighted by atomic mass is 9.79. The molecule has 0 unspecified atom stereocenters. The number of nitrogens with zero attached hydrogens (tertiary/aromatic N) is 2. The minimum absolute atomic E-state index is 0.00858. The van der Waals surface area contributed by atoms with Crippen LogP contribution in [0.3, 0.4) is 0 Å². The Balaban J connectivity index is 1.54. The van der Waals surface area contributed by atoms with E-state index in [0.29, 0.717) is 5.75 Å². The highest BCUT2D eigenvalue weighted by Gasteiger charge is 2.38. The standard InChI is InChI=1S/C21H29N5O4/c1-20(2)10-14(11-21(3,4)26-20)23-18(28)19-24-17(25-30-19)12-29-15-7-5-13(6-8-15)9-16(22)27/h5-8,14,26H,9-12H2,1-4H3,(H2,22,27)(H,23,28). The highest BCUT2D eigenvalue weighted by molar-refractivity contribution is 5.89. The summed E-state index contributed by atoms with van der Waals surface area (Å²) in [7, 11) is 0. The highest BCUT2D eigenvalue weighted by Crippen LogP contribution is 2.28. The van der Waals surface area contributed by atoms with Crippen LogP contribution in [0.1, 0.15) is 62.6 Å². The van der Waals surface area contributed by atoms with Crippen LogP contribution in [0, 0.1) is 0 Å². The maximum atomic E-state index is 12.5. The van der Waals surface area contributed by atoms with E-state index in [4.69, 9.17) is 15.0 Å². The zero-order chi connectivity index (χ0) is 21.9. The summed E-state index contributed by atoms with van der Waals surface area (Å²) in [6.07, 6.45) is 1.78. The fourth-order valence-corrected chi connectivity index (χ4v) is 4.13. The molecule has 9 nitrogen and oxygen atoms in total. The van der Waals surface area contributed by atoms with Gasteiger partial charge in [0, 0.05) is 17.1 Å². The molecule has 0 aliphatic carbocycles. The van der Waals surface area contributed by atoms with E-state index < -0.39 is 5.91 Å². The molecule has 2 heterocycles. The van der Waals surface area contributed by atoms with Crippen LogP contribution < -0.4 is 21.1 Å². The lowest BCUT2D eigenvalue weighted by Crippen LogP contribution is -2.62. The molecule has 0 saturated carbocycles. The Morgan fingerprint density at radius 2 is 1.83 bits per heavy atom. The molecule has 9 heteroatoms. The Morgan fingerprint density at radius 3 is 2.43 bits per heavy atom. The quantitative estimate of drug-likeness (QED) is 0.627. The fourth-order valence-electron chi connectivity index (χ4n) is 4.13. The molecule has 1 aliphatic heterocycles. The average molecular weight is 415 g/mol. The smallest absolute Gasteiger partial charge is 0.316 e. The number of carbonyl (C=O) groups excluding carboxylic acids is 2. The normalized spacial score (nSPS) is 18.0. The maximum Gasteiger partial charge on any atom is 0.316 e. The van der Waals surface area contributed by atoms with Gasteiger partial charge in [0.1, 0.15) is 5.75 Å². The number of nitrogens with two attached hydrogens (primary N) is 1. The molecular formula is C21H29N5O4. The van der Waals surface area contributed by atoms with Gasteiger partial charge in [0.25, 0.3) is 0 Å². The molecular weight excluding hydrogens is 386 g/mol. The van der Waals surface area contributed by atoms with E-state index in [9.17, 15) is 9.59 Å². The summed E-state index contributed by atoms with van der Waals surface area (Å²) in [6, 6.07) is 6.99. The van der Waals surface area contributed by atoms with Gasteiger partial charge in [-0.3, -0.25) is 9.59 Å². The molecule has 162 valence electrons. The van der Waals surface area contributed by atoms with Crippen LogP contribution >= 0.6 is 0 Å². The molecule has 1 saturated heterocycles. The second-order valence-electron chi connectivity index (χ2n) is 9.06. The Morgan fingerprint density at radius 1 is 1.20 bits per heavy atom. The topological polar surface area (TPSA) is 132 Å². The molecule has 2 amide bonds. The largest absolute Gasteiger partial charge is 0.485 e. The van der Waals surface area contributed by atoms with Gasteiger partial charge in [0.05, 0.1) is 6.42 Å². The lowest BCUT2D eigenvalue weighted by molar-refractivity contribution is -0.117. The third-order valence-corrected chi connectivity index (χ3v) is 4.86. The number of hydrogen-bond acceptors (Lipinski definition) is 7. The highest BCUT2D eigenvalue weighted by atomic mass is 16.5. The number of piperidine rings is 1. The summed E-state index contributed by atoms with van der Waals surface area (Å²) in [6.45, 7) is 8.54. The second kappa shape index (κ2) is 8.43. The predicted molar refractivity (Wildman–Crippen MR) is 110 cm³/mol. The van der Waals surface area contributed by atoms with Crippen LogP contribution in [-0.2, 0) is 17.8 Å². The van der Waals surface area contributed by atoms with Gasteiger partial charge < -0.3 is 25.6 Å². The minimum Gasteiger partial charge on any atom is -0.485 e. The fraction of sp³-hybridized carbons (Fsp3) is 0.524. The number of primary amides is 1. The van der Waals surface area contributed by atoms with Gasteiger partial charge in [0.15, 0.2) is 6.61 Å². The Hall–Kier alpha value is -2.94. The molecule has 4 N–H and O–H groups in total. The molecule has 0 bridgehead atoms. The van der Waals surface area contributed by atoms with Crippen LogP contribution in [0.4, 0.5) is 0 Å². The van der Waals surface area contributed by atoms with Gasteiger partial charge in [-0.05, 0) is 58.2 Å². The first-order chi connectivity index (χ1) is 14.0. The summed E-state index contributed by atoms with van der Waals surface area (Å²) >= 11 is 0. The Bertz CT molecular complexity index is 888. The van der Waals surface area contributed by atoms with Crippen molar-refractivity contribution in [3.05, 3.63) is 41.5 Å². The molecule has 0 atom stereocenters. The van der Waals surface area contributed by atoms with Gasteiger partial charge in [0.2, 0.25) is 11.7 Å². The summed E-state index contributed by atoms with van der Waals surface area (Å²) in [5, 5.41) is 10.4. The van der Waals surface area contributed by atoms with Crippen molar-refractivity contribution in [2.45, 2.75) is 70.7 Å². The van der Waals surface area contributed by atoms with Crippen molar-refractivity contribution < 1.29 is 18.8 Å². The zero-order valence-corrected chi connectivity index (χ0v) is 17.8. The molecule has 1 aromatic carbocycles. The monoisotopic (exact) mass is 415 g/mol. The Kier molecular flexibility index (Phi) is 6.12. The summed E-state index contributed by atoms with van der Waals surface area (Å²) in [4.78, 5) is 27.6. The number of carbonyl (C=O) groups is 2. The van der Waals surface area contributed by atoms with Gasteiger partial charge in [-0.2, -0.15) is 4.98 Å². The lowest BCUT2D eigenvalue weighted by Gasteiger charge is -2.46. The van der Waals surface area contributed by atoms with E-state index in [2.05, 4.69) is 48.5 Å². The number of ether oxygens (including phenoxy) is 1. The molecule has 0 spiro atoms. The van der Waals surface area contributed by atoms with E-state index in [1.165, 1.54) is 0 Å². The van der Waals surface area contributed by atoms with Crippen LogP contribution in [0.15, 0.2) is 28.8 Å². The first-order valence-corrected chi connectivity index (χ1v) is 9.94. The number of aromatic nitrogens is 2. The number of hydrogen-bond donors (Lipinski definition) is 3. The SMILES string of the molecule is CC1(C)CC(NC(=O)c2nc(COc3ccc(CC(N)=O)cc3)no2)CC(C)(C)N1.